The van der Waals surface area contributed by atoms with E-state index in [0.29, 0.717) is 5.92 Å². The minimum absolute atomic E-state index is 0.123. The molecule has 0 nitrogen and oxygen atoms in total. The Labute approximate surface area is 81.2 Å². The highest BCUT2D eigenvalue weighted by Gasteiger charge is 2.19. The fourth-order valence-corrected chi connectivity index (χ4v) is 2.32. The number of hydrogen-bond acceptors (Lipinski definition) is 0. The van der Waals surface area contributed by atoms with E-state index in [1.54, 1.807) is 0 Å². The first-order chi connectivity index (χ1) is 6.36. The van der Waals surface area contributed by atoms with Gasteiger partial charge in [-0.25, -0.2) is 0 Å². The fraction of sp³-hybridized carbons (Fsp3) is 0.833. The molecule has 0 amide bonds. The van der Waals surface area contributed by atoms with E-state index in [4.69, 9.17) is 0 Å². The fourth-order valence-electron chi connectivity index (χ4n) is 2.32. The van der Waals surface area contributed by atoms with Crippen LogP contribution >= 0.6 is 0 Å². The van der Waals surface area contributed by atoms with E-state index in [1.807, 2.05) is 6.08 Å². The Kier molecular flexibility index (Phi) is 5.10. The average molecular weight is 184 g/mol. The number of rotatable bonds is 5. The van der Waals surface area contributed by atoms with Crippen LogP contribution in [0.25, 0.3) is 0 Å². The topological polar surface area (TPSA) is 0 Å². The van der Waals surface area contributed by atoms with Gasteiger partial charge in [-0.3, -0.25) is 4.39 Å². The standard InChI is InChI=1S/C12H21F/c1-2-3-4-11-5-7-12(8-6-11)9-10-13/h2,11-12H,1,3-10H2. The molecule has 0 saturated heterocycles. The van der Waals surface area contributed by atoms with E-state index in [2.05, 4.69) is 6.58 Å². The molecule has 13 heavy (non-hydrogen) atoms. The van der Waals surface area contributed by atoms with Crippen LogP contribution in [0, 0.1) is 11.8 Å². The average Bonchev–Trinajstić information content (AvgIpc) is 2.17. The summed E-state index contributed by atoms with van der Waals surface area (Å²) < 4.78 is 12.1. The Hall–Kier alpha value is -0.330. The summed E-state index contributed by atoms with van der Waals surface area (Å²) in [6, 6.07) is 0. The van der Waals surface area contributed by atoms with Crippen LogP contribution in [-0.4, -0.2) is 6.67 Å². The van der Waals surface area contributed by atoms with Gasteiger partial charge >= 0.3 is 0 Å². The maximum Gasteiger partial charge on any atom is 0.0897 e. The molecule has 0 aromatic carbocycles. The summed E-state index contributed by atoms with van der Waals surface area (Å²) >= 11 is 0. The maximum absolute atomic E-state index is 12.1. The van der Waals surface area contributed by atoms with Crippen LogP contribution in [0.15, 0.2) is 12.7 Å². The Bertz CT molecular complexity index is 134. The maximum atomic E-state index is 12.1. The van der Waals surface area contributed by atoms with Gasteiger partial charge in [0, 0.05) is 0 Å². The summed E-state index contributed by atoms with van der Waals surface area (Å²) in [5.41, 5.74) is 0. The summed E-state index contributed by atoms with van der Waals surface area (Å²) in [4.78, 5) is 0. The second-order valence-corrected chi connectivity index (χ2v) is 4.23. The molecule has 0 unspecified atom stereocenters. The summed E-state index contributed by atoms with van der Waals surface area (Å²) in [5, 5.41) is 0. The van der Waals surface area contributed by atoms with Crippen molar-refractivity contribution in [2.24, 2.45) is 11.8 Å². The minimum atomic E-state index is -0.123. The van der Waals surface area contributed by atoms with E-state index >= 15 is 0 Å². The van der Waals surface area contributed by atoms with Crippen LogP contribution in [0.3, 0.4) is 0 Å². The van der Waals surface area contributed by atoms with Crippen LogP contribution in [0.5, 0.6) is 0 Å². The Morgan fingerprint density at radius 2 is 1.62 bits per heavy atom. The van der Waals surface area contributed by atoms with Crippen molar-refractivity contribution in [1.29, 1.82) is 0 Å². The van der Waals surface area contributed by atoms with Gasteiger partial charge in [0.1, 0.15) is 0 Å². The first-order valence-corrected chi connectivity index (χ1v) is 5.53. The Morgan fingerprint density at radius 3 is 2.08 bits per heavy atom. The van der Waals surface area contributed by atoms with Gasteiger partial charge in [-0.15, -0.1) is 6.58 Å². The zero-order valence-corrected chi connectivity index (χ0v) is 8.47. The monoisotopic (exact) mass is 184 g/mol. The molecule has 0 heterocycles. The molecule has 1 fully saturated rings. The molecular formula is C12H21F. The smallest absolute Gasteiger partial charge is 0.0897 e. The third-order valence-electron chi connectivity index (χ3n) is 3.26. The van der Waals surface area contributed by atoms with Gasteiger partial charge in [0.25, 0.3) is 0 Å². The van der Waals surface area contributed by atoms with Crippen molar-refractivity contribution in [1.82, 2.24) is 0 Å². The van der Waals surface area contributed by atoms with Gasteiger partial charge in [-0.2, -0.15) is 0 Å². The highest BCUT2D eigenvalue weighted by molar-refractivity contribution is 4.75. The lowest BCUT2D eigenvalue weighted by atomic mass is 9.79. The predicted octanol–water partition coefficient (Wildman–Crippen LogP) is 4.12. The molecule has 0 aromatic heterocycles. The van der Waals surface area contributed by atoms with Crippen molar-refractivity contribution in [2.75, 3.05) is 6.67 Å². The van der Waals surface area contributed by atoms with Gasteiger partial charge in [0.15, 0.2) is 0 Å². The van der Waals surface area contributed by atoms with Crippen LogP contribution in [0.1, 0.15) is 44.9 Å². The first kappa shape index (κ1) is 10.7. The largest absolute Gasteiger partial charge is 0.251 e. The second kappa shape index (κ2) is 6.17. The van der Waals surface area contributed by atoms with Crippen LogP contribution in [-0.2, 0) is 0 Å². The molecule has 0 N–H and O–H groups in total. The molecule has 0 aromatic rings. The summed E-state index contributed by atoms with van der Waals surface area (Å²) in [6.07, 6.45) is 10.4. The third-order valence-corrected chi connectivity index (χ3v) is 3.26. The number of halogens is 1. The number of hydrogen-bond donors (Lipinski definition) is 0. The van der Waals surface area contributed by atoms with Gasteiger partial charge in [0.2, 0.25) is 0 Å². The second-order valence-electron chi connectivity index (χ2n) is 4.23. The minimum Gasteiger partial charge on any atom is -0.251 e. The van der Waals surface area contributed by atoms with E-state index in [0.717, 1.165) is 18.8 Å². The molecule has 1 aliphatic carbocycles. The van der Waals surface area contributed by atoms with Crippen LogP contribution in [0.4, 0.5) is 4.39 Å². The van der Waals surface area contributed by atoms with E-state index in [-0.39, 0.29) is 6.67 Å². The number of allylic oxidation sites excluding steroid dienone is 1. The lowest BCUT2D eigenvalue weighted by Gasteiger charge is -2.27. The normalized spacial score (nSPS) is 28.7. The van der Waals surface area contributed by atoms with E-state index < -0.39 is 0 Å². The molecule has 0 aliphatic heterocycles. The van der Waals surface area contributed by atoms with E-state index in [9.17, 15) is 4.39 Å². The van der Waals surface area contributed by atoms with Gasteiger partial charge in [-0.1, -0.05) is 31.8 Å². The highest BCUT2D eigenvalue weighted by Crippen LogP contribution is 2.33. The van der Waals surface area contributed by atoms with Crippen molar-refractivity contribution in [3.63, 3.8) is 0 Å². The van der Waals surface area contributed by atoms with Crippen LogP contribution < -0.4 is 0 Å². The van der Waals surface area contributed by atoms with Gasteiger partial charge in [-0.05, 0) is 31.1 Å². The molecule has 0 spiro atoms. The molecular weight excluding hydrogens is 163 g/mol. The summed E-state index contributed by atoms with van der Waals surface area (Å²) in [6.45, 7) is 3.62. The molecule has 0 bridgehead atoms. The molecule has 0 radical (unpaired) electrons. The summed E-state index contributed by atoms with van der Waals surface area (Å²) in [7, 11) is 0. The van der Waals surface area contributed by atoms with Gasteiger partial charge < -0.3 is 0 Å². The molecule has 76 valence electrons. The quantitative estimate of drug-likeness (QED) is 0.564. The van der Waals surface area contributed by atoms with Gasteiger partial charge in [0.05, 0.1) is 6.67 Å². The van der Waals surface area contributed by atoms with Crippen molar-refractivity contribution >= 4 is 0 Å². The van der Waals surface area contributed by atoms with Crippen LogP contribution in [0.2, 0.25) is 0 Å². The SMILES string of the molecule is C=CCCC1CCC(CCF)CC1. The van der Waals surface area contributed by atoms with Crippen molar-refractivity contribution < 1.29 is 4.39 Å². The molecule has 0 atom stereocenters. The predicted molar refractivity (Wildman–Crippen MR) is 55.5 cm³/mol. The summed E-state index contributed by atoms with van der Waals surface area (Å²) in [5.74, 6) is 1.58. The van der Waals surface area contributed by atoms with Crippen molar-refractivity contribution in [3.8, 4) is 0 Å². The van der Waals surface area contributed by atoms with Crippen molar-refractivity contribution in [2.45, 2.75) is 44.9 Å². The lowest BCUT2D eigenvalue weighted by Crippen LogP contribution is -2.14. The molecule has 1 aliphatic rings. The molecule has 1 rings (SSSR count). The van der Waals surface area contributed by atoms with Crippen molar-refractivity contribution in [3.05, 3.63) is 12.7 Å². The Morgan fingerprint density at radius 1 is 1.08 bits per heavy atom. The molecule has 1 heteroatoms. The lowest BCUT2D eigenvalue weighted by molar-refractivity contribution is 0.239. The zero-order valence-electron chi connectivity index (χ0n) is 8.47. The highest BCUT2D eigenvalue weighted by atomic mass is 19.1. The molecule has 1 saturated carbocycles. The van der Waals surface area contributed by atoms with E-state index in [1.165, 1.54) is 32.1 Å². The third kappa shape index (κ3) is 3.93. The zero-order chi connectivity index (χ0) is 9.52. The first-order valence-electron chi connectivity index (χ1n) is 5.53. The Balaban J connectivity index is 2.11. The number of alkyl halides is 1.